The second-order valence-electron chi connectivity index (χ2n) is 7.93. The summed E-state index contributed by atoms with van der Waals surface area (Å²) in [5.74, 6) is 1.90. The summed E-state index contributed by atoms with van der Waals surface area (Å²) >= 11 is 0. The number of rotatable bonds is 10. The van der Waals surface area contributed by atoms with E-state index in [4.69, 9.17) is 4.42 Å². The van der Waals surface area contributed by atoms with Crippen molar-refractivity contribution in [1.82, 2.24) is 20.4 Å². The molecule has 0 saturated carbocycles. The van der Waals surface area contributed by atoms with Gasteiger partial charge in [-0.3, -0.25) is 14.8 Å². The fourth-order valence-electron chi connectivity index (χ4n) is 3.94. The molecule has 1 aromatic rings. The molecule has 1 aliphatic rings. The van der Waals surface area contributed by atoms with Gasteiger partial charge in [-0.2, -0.15) is 0 Å². The second kappa shape index (κ2) is 11.3. The number of furan rings is 1. The first-order chi connectivity index (χ1) is 13.0. The van der Waals surface area contributed by atoms with E-state index in [9.17, 15) is 0 Å². The minimum absolute atomic E-state index is 0.262. The topological polar surface area (TPSA) is 56.0 Å². The van der Waals surface area contributed by atoms with Gasteiger partial charge in [0.1, 0.15) is 5.76 Å². The highest BCUT2D eigenvalue weighted by molar-refractivity contribution is 5.79. The minimum atomic E-state index is 0.262. The number of aliphatic imine (C=N–C) groups is 1. The first-order valence-electron chi connectivity index (χ1n) is 10.5. The fraction of sp³-hybridized carbons (Fsp3) is 0.762. The number of hydrogen-bond donors (Lipinski definition) is 2. The predicted molar refractivity (Wildman–Crippen MR) is 113 cm³/mol. The summed E-state index contributed by atoms with van der Waals surface area (Å²) in [6.07, 6.45) is 5.41. The van der Waals surface area contributed by atoms with Crippen LogP contribution in [0.25, 0.3) is 0 Å². The zero-order valence-electron chi connectivity index (χ0n) is 17.9. The minimum Gasteiger partial charge on any atom is -0.468 e. The van der Waals surface area contributed by atoms with Crippen molar-refractivity contribution in [2.45, 2.75) is 65.1 Å². The standard InChI is InChI=1S/C21H39N5O/c1-17(2)26(18(3)4)14-9-11-23-21(22-5)24-16-19(20-10-8-15-27-20)25-12-6-7-13-25/h8,10,15,17-19H,6-7,9,11-14,16H2,1-5H3,(H2,22,23,24). The first kappa shape index (κ1) is 21.8. The fourth-order valence-corrected chi connectivity index (χ4v) is 3.94. The lowest BCUT2D eigenvalue weighted by atomic mass is 10.2. The van der Waals surface area contributed by atoms with E-state index in [1.807, 2.05) is 13.1 Å². The third kappa shape index (κ3) is 6.85. The third-order valence-corrected chi connectivity index (χ3v) is 5.35. The van der Waals surface area contributed by atoms with Gasteiger partial charge in [0.25, 0.3) is 0 Å². The molecule has 6 nitrogen and oxygen atoms in total. The monoisotopic (exact) mass is 377 g/mol. The van der Waals surface area contributed by atoms with E-state index in [2.05, 4.69) is 59.2 Å². The zero-order valence-corrected chi connectivity index (χ0v) is 17.9. The number of nitrogens with one attached hydrogen (secondary N) is 2. The Morgan fingerprint density at radius 3 is 2.44 bits per heavy atom. The molecule has 0 spiro atoms. The van der Waals surface area contributed by atoms with Gasteiger partial charge in [-0.1, -0.05) is 0 Å². The van der Waals surface area contributed by atoms with Gasteiger partial charge in [-0.15, -0.1) is 0 Å². The Bertz CT molecular complexity index is 527. The molecule has 0 aromatic carbocycles. The van der Waals surface area contributed by atoms with Gasteiger partial charge in [0.2, 0.25) is 0 Å². The molecule has 1 unspecified atom stereocenters. The Morgan fingerprint density at radius 2 is 1.89 bits per heavy atom. The van der Waals surface area contributed by atoms with Crippen molar-refractivity contribution in [3.05, 3.63) is 24.2 Å². The van der Waals surface area contributed by atoms with E-state index in [1.54, 1.807) is 6.26 Å². The molecule has 0 amide bonds. The molecule has 154 valence electrons. The van der Waals surface area contributed by atoms with Gasteiger partial charge in [-0.05, 0) is 72.2 Å². The molecule has 2 rings (SSSR count). The molecular weight excluding hydrogens is 338 g/mol. The third-order valence-electron chi connectivity index (χ3n) is 5.35. The van der Waals surface area contributed by atoms with Crippen LogP contribution in [0.15, 0.2) is 27.8 Å². The predicted octanol–water partition coefficient (Wildman–Crippen LogP) is 3.09. The van der Waals surface area contributed by atoms with E-state index in [1.165, 1.54) is 12.8 Å². The summed E-state index contributed by atoms with van der Waals surface area (Å²) in [5.41, 5.74) is 0. The lowest BCUT2D eigenvalue weighted by Gasteiger charge is -2.30. The summed E-state index contributed by atoms with van der Waals surface area (Å²) in [7, 11) is 1.83. The molecule has 2 heterocycles. The molecule has 6 heteroatoms. The summed E-state index contributed by atoms with van der Waals surface area (Å²) < 4.78 is 5.70. The van der Waals surface area contributed by atoms with E-state index in [0.29, 0.717) is 12.1 Å². The normalized spacial score (nSPS) is 17.3. The molecule has 27 heavy (non-hydrogen) atoms. The molecule has 1 atom stereocenters. The molecule has 1 saturated heterocycles. The van der Waals surface area contributed by atoms with Crippen LogP contribution in [0.2, 0.25) is 0 Å². The van der Waals surface area contributed by atoms with Crippen LogP contribution in [0.4, 0.5) is 0 Å². The van der Waals surface area contributed by atoms with Crippen molar-refractivity contribution in [3.8, 4) is 0 Å². The maximum atomic E-state index is 5.70. The van der Waals surface area contributed by atoms with Crippen molar-refractivity contribution >= 4 is 5.96 Å². The Balaban J connectivity index is 1.78. The van der Waals surface area contributed by atoms with E-state index < -0.39 is 0 Å². The zero-order chi connectivity index (χ0) is 19.6. The van der Waals surface area contributed by atoms with Gasteiger partial charge in [-0.25, -0.2) is 0 Å². The van der Waals surface area contributed by atoms with Crippen LogP contribution in [0, 0.1) is 0 Å². The number of hydrogen-bond acceptors (Lipinski definition) is 4. The van der Waals surface area contributed by atoms with Crippen LogP contribution >= 0.6 is 0 Å². The van der Waals surface area contributed by atoms with Crippen LogP contribution in [-0.4, -0.2) is 67.6 Å². The Labute approximate surface area is 165 Å². The van der Waals surface area contributed by atoms with Crippen LogP contribution in [0.5, 0.6) is 0 Å². The Morgan fingerprint density at radius 1 is 1.19 bits per heavy atom. The van der Waals surface area contributed by atoms with Crippen molar-refractivity contribution < 1.29 is 4.42 Å². The lowest BCUT2D eigenvalue weighted by molar-refractivity contribution is 0.173. The summed E-state index contributed by atoms with van der Waals surface area (Å²) in [5, 5.41) is 6.95. The average molecular weight is 378 g/mol. The second-order valence-corrected chi connectivity index (χ2v) is 7.93. The van der Waals surface area contributed by atoms with Crippen molar-refractivity contribution in [3.63, 3.8) is 0 Å². The number of likely N-dealkylation sites (tertiary alicyclic amines) is 1. The van der Waals surface area contributed by atoms with Gasteiger partial charge in [0.05, 0.1) is 12.3 Å². The summed E-state index contributed by atoms with van der Waals surface area (Å²) in [6.45, 7) is 14.2. The smallest absolute Gasteiger partial charge is 0.191 e. The van der Waals surface area contributed by atoms with Crippen molar-refractivity contribution in [1.29, 1.82) is 0 Å². The largest absolute Gasteiger partial charge is 0.468 e. The van der Waals surface area contributed by atoms with E-state index >= 15 is 0 Å². The lowest BCUT2D eigenvalue weighted by Crippen LogP contribution is -2.44. The molecule has 0 bridgehead atoms. The Kier molecular flexibility index (Phi) is 9.15. The van der Waals surface area contributed by atoms with Crippen LogP contribution in [-0.2, 0) is 0 Å². The highest BCUT2D eigenvalue weighted by atomic mass is 16.3. The Hall–Kier alpha value is -1.53. The number of guanidine groups is 1. The highest BCUT2D eigenvalue weighted by Gasteiger charge is 2.25. The first-order valence-corrected chi connectivity index (χ1v) is 10.5. The van der Waals surface area contributed by atoms with Crippen LogP contribution in [0.3, 0.4) is 0 Å². The maximum Gasteiger partial charge on any atom is 0.191 e. The van der Waals surface area contributed by atoms with Gasteiger partial charge in [0, 0.05) is 38.8 Å². The van der Waals surface area contributed by atoms with Gasteiger partial charge < -0.3 is 15.1 Å². The van der Waals surface area contributed by atoms with E-state index in [0.717, 1.165) is 50.9 Å². The quantitative estimate of drug-likeness (QED) is 0.373. The SMILES string of the molecule is CN=C(NCCCN(C(C)C)C(C)C)NCC(c1ccco1)N1CCCC1. The average Bonchev–Trinajstić information content (AvgIpc) is 3.33. The van der Waals surface area contributed by atoms with Crippen LogP contribution in [0.1, 0.15) is 58.8 Å². The molecule has 1 aliphatic heterocycles. The molecule has 1 aromatic heterocycles. The highest BCUT2D eigenvalue weighted by Crippen LogP contribution is 2.24. The maximum absolute atomic E-state index is 5.70. The number of nitrogens with zero attached hydrogens (tertiary/aromatic N) is 3. The molecular formula is C21H39N5O. The molecule has 1 fully saturated rings. The van der Waals surface area contributed by atoms with Gasteiger partial charge in [0.15, 0.2) is 5.96 Å². The van der Waals surface area contributed by atoms with E-state index in [-0.39, 0.29) is 6.04 Å². The molecule has 2 N–H and O–H groups in total. The van der Waals surface area contributed by atoms with Crippen molar-refractivity contribution in [2.24, 2.45) is 4.99 Å². The molecule has 0 aliphatic carbocycles. The van der Waals surface area contributed by atoms with Crippen LogP contribution < -0.4 is 10.6 Å². The summed E-state index contributed by atoms with van der Waals surface area (Å²) in [4.78, 5) is 9.41. The summed E-state index contributed by atoms with van der Waals surface area (Å²) in [6, 6.07) is 5.47. The van der Waals surface area contributed by atoms with Crippen molar-refractivity contribution in [2.75, 3.05) is 39.8 Å². The molecule has 0 radical (unpaired) electrons. The van der Waals surface area contributed by atoms with Gasteiger partial charge >= 0.3 is 0 Å².